The fraction of sp³-hybridized carbons (Fsp3) is 0.500. The molecule has 54 valence electrons. The van der Waals surface area contributed by atoms with Crippen molar-refractivity contribution >= 4 is 11.9 Å². The van der Waals surface area contributed by atoms with Crippen LogP contribution in [-0.4, -0.2) is 11.9 Å². The van der Waals surface area contributed by atoms with Crippen LogP contribution >= 0.6 is 0 Å². The van der Waals surface area contributed by atoms with E-state index in [0.717, 1.165) is 0 Å². The van der Waals surface area contributed by atoms with E-state index in [2.05, 4.69) is 0 Å². The van der Waals surface area contributed by atoms with E-state index in [0.29, 0.717) is 0 Å². The second-order valence-corrected chi connectivity index (χ2v) is 1.24. The molecule has 0 aromatic rings. The van der Waals surface area contributed by atoms with Crippen molar-refractivity contribution in [1.29, 1.82) is 0 Å². The Bertz CT molecular complexity index is 97.1. The molecule has 0 saturated carbocycles. The molecule has 0 fully saturated rings. The minimum absolute atomic E-state index is 0. The summed E-state index contributed by atoms with van der Waals surface area (Å²) in [5.41, 5.74) is 0. The van der Waals surface area contributed by atoms with Gasteiger partial charge in [0.25, 0.3) is 0 Å². The molecule has 0 amide bonds. The van der Waals surface area contributed by atoms with Gasteiger partial charge in [0, 0.05) is 11.9 Å². The van der Waals surface area contributed by atoms with Crippen LogP contribution in [0.1, 0.15) is 12.8 Å². The Morgan fingerprint density at radius 2 is 1.22 bits per heavy atom. The quantitative estimate of drug-likeness (QED) is 0.464. The van der Waals surface area contributed by atoms with E-state index in [4.69, 9.17) is 0 Å². The van der Waals surface area contributed by atoms with Gasteiger partial charge in [-0.15, -0.1) is 0 Å². The number of hydrogen-bond donors (Lipinski definition) is 1. The van der Waals surface area contributed by atoms with Crippen LogP contribution in [0.5, 0.6) is 0 Å². The highest BCUT2D eigenvalue weighted by atomic mass is 16.4. The van der Waals surface area contributed by atoms with E-state index in [1.165, 1.54) is 0 Å². The van der Waals surface area contributed by atoms with Crippen molar-refractivity contribution in [2.45, 2.75) is 12.8 Å². The maximum absolute atomic E-state index is 9.50. The summed E-state index contributed by atoms with van der Waals surface area (Å²) in [5.74, 6) is -2.73. The van der Waals surface area contributed by atoms with Crippen LogP contribution in [0.4, 0.5) is 0 Å². The normalized spacial score (nSPS) is 7.56. The molecule has 4 N–H and O–H groups in total. The SMILES string of the molecule is O=C([O-])CCC(=O)[O-].[NH4+]. The molecule has 0 aliphatic rings. The number of hydrogen-bond acceptors (Lipinski definition) is 4. The van der Waals surface area contributed by atoms with Crippen molar-refractivity contribution < 1.29 is 19.8 Å². The van der Waals surface area contributed by atoms with Crippen LogP contribution in [0.15, 0.2) is 0 Å². The number of carbonyl (C=O) groups excluding carboxylic acids is 2. The highest BCUT2D eigenvalue weighted by molar-refractivity contribution is 5.72. The summed E-state index contributed by atoms with van der Waals surface area (Å²) < 4.78 is 0. The maximum atomic E-state index is 9.50. The maximum Gasteiger partial charge on any atom is 0.0418 e. The van der Waals surface area contributed by atoms with Gasteiger partial charge in [0.2, 0.25) is 0 Å². The molecule has 0 aromatic carbocycles. The Labute approximate surface area is 51.9 Å². The van der Waals surface area contributed by atoms with E-state index in [1.807, 2.05) is 0 Å². The first kappa shape index (κ1) is 10.8. The number of rotatable bonds is 3. The molecule has 0 radical (unpaired) electrons. The lowest BCUT2D eigenvalue weighted by molar-refractivity contribution is -0.315. The molecule has 0 aliphatic heterocycles. The van der Waals surface area contributed by atoms with E-state index in [-0.39, 0.29) is 6.15 Å². The molecule has 0 spiro atoms. The molecule has 0 aromatic heterocycles. The van der Waals surface area contributed by atoms with E-state index in [9.17, 15) is 19.8 Å². The third-order valence-corrected chi connectivity index (χ3v) is 0.533. The fourth-order valence-corrected chi connectivity index (χ4v) is 0.204. The van der Waals surface area contributed by atoms with Crippen LogP contribution in [0.2, 0.25) is 0 Å². The number of carboxylic acid groups (broad SMARTS) is 2. The molecule has 9 heavy (non-hydrogen) atoms. The van der Waals surface area contributed by atoms with Crippen LogP contribution in [0.25, 0.3) is 0 Å². The van der Waals surface area contributed by atoms with Gasteiger partial charge in [-0.2, -0.15) is 0 Å². The van der Waals surface area contributed by atoms with Gasteiger partial charge in [-0.3, -0.25) is 0 Å². The van der Waals surface area contributed by atoms with E-state index < -0.39 is 24.8 Å². The van der Waals surface area contributed by atoms with Crippen molar-refractivity contribution in [3.05, 3.63) is 0 Å². The predicted molar refractivity (Wildman–Crippen MR) is 25.2 cm³/mol. The van der Waals surface area contributed by atoms with Gasteiger partial charge < -0.3 is 26.0 Å². The van der Waals surface area contributed by atoms with Gasteiger partial charge in [-0.05, 0) is 12.8 Å². The fourth-order valence-electron chi connectivity index (χ4n) is 0.204. The third kappa shape index (κ3) is 10.9. The molecule has 0 saturated heterocycles. The molecule has 0 bridgehead atoms. The summed E-state index contributed by atoms with van der Waals surface area (Å²) in [6.45, 7) is 0. The second kappa shape index (κ2) is 5.04. The van der Waals surface area contributed by atoms with Crippen molar-refractivity contribution in [3.63, 3.8) is 0 Å². The Morgan fingerprint density at radius 3 is 1.33 bits per heavy atom. The lowest BCUT2D eigenvalue weighted by Crippen LogP contribution is -2.27. The first-order chi connectivity index (χ1) is 3.63. The van der Waals surface area contributed by atoms with Crippen LogP contribution < -0.4 is 16.4 Å². The second-order valence-electron chi connectivity index (χ2n) is 1.24. The first-order valence-corrected chi connectivity index (χ1v) is 2.02. The van der Waals surface area contributed by atoms with Gasteiger partial charge in [-0.1, -0.05) is 0 Å². The summed E-state index contributed by atoms with van der Waals surface area (Å²) in [5, 5.41) is 19.0. The van der Waals surface area contributed by atoms with E-state index in [1.54, 1.807) is 0 Å². The van der Waals surface area contributed by atoms with Gasteiger partial charge in [-0.25, -0.2) is 0 Å². The molecule has 0 unspecified atom stereocenters. The van der Waals surface area contributed by atoms with E-state index >= 15 is 0 Å². The standard InChI is InChI=1S/C4H6O4.H3N/c5-3(6)1-2-4(7)8;/h1-2H2,(H,5,6)(H,7,8);1H3/p-1. The third-order valence-electron chi connectivity index (χ3n) is 0.533. The minimum atomic E-state index is -1.37. The average Bonchev–Trinajstić information content (AvgIpc) is 1.61. The molecule has 0 rings (SSSR count). The zero-order valence-electron chi connectivity index (χ0n) is 5.05. The predicted octanol–water partition coefficient (Wildman–Crippen LogP) is -2.36. The first-order valence-electron chi connectivity index (χ1n) is 2.02. The zero-order chi connectivity index (χ0) is 6.57. The summed E-state index contributed by atoms with van der Waals surface area (Å²) in [6.07, 6.45) is -0.940. The summed E-state index contributed by atoms with van der Waals surface area (Å²) >= 11 is 0. The Kier molecular flexibility index (Phi) is 6.06. The van der Waals surface area contributed by atoms with Crippen molar-refractivity contribution in [2.75, 3.05) is 0 Å². The Hall–Kier alpha value is -1.10. The van der Waals surface area contributed by atoms with Crippen LogP contribution in [0.3, 0.4) is 0 Å². The number of quaternary nitrogens is 1. The topological polar surface area (TPSA) is 117 Å². The van der Waals surface area contributed by atoms with Crippen LogP contribution in [-0.2, 0) is 9.59 Å². The molecule has 0 heterocycles. The lowest BCUT2D eigenvalue weighted by atomic mass is 10.3. The molecular formula is C4H8NO4-. The highest BCUT2D eigenvalue weighted by Crippen LogP contribution is 1.81. The minimum Gasteiger partial charge on any atom is -0.550 e. The molecule has 5 nitrogen and oxygen atoms in total. The lowest BCUT2D eigenvalue weighted by Gasteiger charge is -2.00. The summed E-state index contributed by atoms with van der Waals surface area (Å²) in [4.78, 5) is 19.0. The Balaban J connectivity index is 0. The summed E-state index contributed by atoms with van der Waals surface area (Å²) in [6, 6.07) is 0. The van der Waals surface area contributed by atoms with Gasteiger partial charge in [0.1, 0.15) is 0 Å². The van der Waals surface area contributed by atoms with Gasteiger partial charge in [0.15, 0.2) is 0 Å². The smallest absolute Gasteiger partial charge is 0.0418 e. The molecule has 0 atom stereocenters. The van der Waals surface area contributed by atoms with Crippen LogP contribution in [0, 0.1) is 0 Å². The van der Waals surface area contributed by atoms with Crippen molar-refractivity contribution in [1.82, 2.24) is 6.15 Å². The molecule has 5 heteroatoms. The number of carboxylic acids is 2. The summed E-state index contributed by atoms with van der Waals surface area (Å²) in [7, 11) is 0. The monoisotopic (exact) mass is 134 g/mol. The number of carbonyl (C=O) groups is 2. The largest absolute Gasteiger partial charge is 0.550 e. The van der Waals surface area contributed by atoms with Crippen molar-refractivity contribution in [3.8, 4) is 0 Å². The van der Waals surface area contributed by atoms with Gasteiger partial charge in [0.05, 0.1) is 0 Å². The molecule has 0 aliphatic carbocycles. The number of aliphatic carboxylic acids is 2. The van der Waals surface area contributed by atoms with Gasteiger partial charge >= 0.3 is 0 Å². The average molecular weight is 134 g/mol. The Morgan fingerprint density at radius 1 is 1.00 bits per heavy atom. The molecular weight excluding hydrogens is 126 g/mol. The zero-order valence-corrected chi connectivity index (χ0v) is 5.05. The highest BCUT2D eigenvalue weighted by Gasteiger charge is 1.85. The van der Waals surface area contributed by atoms with Crippen molar-refractivity contribution in [2.24, 2.45) is 0 Å².